The average molecular weight is 162 g/mol. The monoisotopic (exact) mass is 162 g/mol. The molecule has 0 aromatic carbocycles. The Morgan fingerprint density at radius 1 is 1.36 bits per heavy atom. The van der Waals surface area contributed by atoms with Crippen LogP contribution in [0.5, 0.6) is 0 Å². The number of hydrogen-bond donors (Lipinski definition) is 4. The minimum absolute atomic E-state index is 0.332. The van der Waals surface area contributed by atoms with Gasteiger partial charge < -0.3 is 25.8 Å². The fourth-order valence-electron chi connectivity index (χ4n) is 0.951. The summed E-state index contributed by atoms with van der Waals surface area (Å²) in [5.74, 6) is 0. The van der Waals surface area contributed by atoms with Crippen molar-refractivity contribution in [2.75, 3.05) is 6.61 Å². The number of hydrogen-bond acceptors (Lipinski definition) is 5. The second kappa shape index (κ2) is 3.46. The highest BCUT2D eigenvalue weighted by Crippen LogP contribution is 2.16. The quantitative estimate of drug-likeness (QED) is 0.344. The van der Waals surface area contributed by atoms with E-state index >= 15 is 0 Å². The van der Waals surface area contributed by atoms with Crippen LogP contribution in [0.1, 0.15) is 0 Å². The molecule has 1 aliphatic heterocycles. The van der Waals surface area contributed by atoms with Crippen molar-refractivity contribution in [3.05, 3.63) is 6.61 Å². The molecule has 11 heavy (non-hydrogen) atoms. The van der Waals surface area contributed by atoms with Crippen molar-refractivity contribution < 1.29 is 20.1 Å². The van der Waals surface area contributed by atoms with Gasteiger partial charge in [-0.2, -0.15) is 0 Å². The van der Waals surface area contributed by atoms with Gasteiger partial charge in [-0.15, -0.1) is 0 Å². The first-order valence-corrected chi connectivity index (χ1v) is 3.38. The van der Waals surface area contributed by atoms with Crippen molar-refractivity contribution in [1.82, 2.24) is 0 Å². The van der Waals surface area contributed by atoms with E-state index in [2.05, 4.69) is 0 Å². The Bertz CT molecular complexity index is 130. The van der Waals surface area contributed by atoms with E-state index in [1.807, 2.05) is 0 Å². The summed E-state index contributed by atoms with van der Waals surface area (Å²) in [6.45, 7) is 0.889. The second-order valence-electron chi connectivity index (χ2n) is 2.55. The van der Waals surface area contributed by atoms with E-state index in [4.69, 9.17) is 20.7 Å². The van der Waals surface area contributed by atoms with Gasteiger partial charge in [-0.3, -0.25) is 0 Å². The number of ether oxygens (including phenoxy) is 1. The van der Waals surface area contributed by atoms with Crippen LogP contribution in [0.15, 0.2) is 0 Å². The molecule has 1 heterocycles. The topological polar surface area (TPSA) is 95.9 Å². The normalized spacial score (nSPS) is 45.8. The Kier molecular flexibility index (Phi) is 2.80. The van der Waals surface area contributed by atoms with Crippen LogP contribution in [0.25, 0.3) is 0 Å². The van der Waals surface area contributed by atoms with Gasteiger partial charge in [-0.25, -0.2) is 0 Å². The van der Waals surface area contributed by atoms with Crippen LogP contribution in [0.4, 0.5) is 0 Å². The highest BCUT2D eigenvalue weighted by Gasteiger charge is 2.36. The predicted molar refractivity (Wildman–Crippen MR) is 36.2 cm³/mol. The summed E-state index contributed by atoms with van der Waals surface area (Å²) >= 11 is 0. The van der Waals surface area contributed by atoms with Crippen LogP contribution in [-0.2, 0) is 4.74 Å². The van der Waals surface area contributed by atoms with Crippen molar-refractivity contribution in [2.24, 2.45) is 5.73 Å². The molecule has 1 rings (SSSR count). The summed E-state index contributed by atoms with van der Waals surface area (Å²) in [5.41, 5.74) is 5.31. The summed E-state index contributed by atoms with van der Waals surface area (Å²) in [5, 5.41) is 26.9. The first kappa shape index (κ1) is 8.89. The van der Waals surface area contributed by atoms with E-state index in [0.29, 0.717) is 0 Å². The van der Waals surface area contributed by atoms with Gasteiger partial charge in [0.25, 0.3) is 0 Å². The molecule has 0 saturated carbocycles. The van der Waals surface area contributed by atoms with Crippen molar-refractivity contribution in [3.63, 3.8) is 0 Å². The van der Waals surface area contributed by atoms with Crippen LogP contribution in [0, 0.1) is 6.61 Å². The van der Waals surface area contributed by atoms with E-state index in [9.17, 15) is 5.11 Å². The van der Waals surface area contributed by atoms with E-state index < -0.39 is 24.4 Å². The molecule has 0 aromatic heterocycles. The van der Waals surface area contributed by atoms with Gasteiger partial charge in [0, 0.05) is 0 Å². The highest BCUT2D eigenvalue weighted by atomic mass is 16.5. The molecule has 4 atom stereocenters. The van der Waals surface area contributed by atoms with Crippen molar-refractivity contribution in [3.8, 4) is 0 Å². The molecule has 0 aromatic rings. The lowest BCUT2D eigenvalue weighted by atomic mass is 9.99. The number of aliphatic hydroxyl groups excluding tert-OH is 3. The smallest absolute Gasteiger partial charge is 0.110 e. The molecule has 65 valence electrons. The molecule has 1 aliphatic rings. The van der Waals surface area contributed by atoms with Gasteiger partial charge in [0.1, 0.15) is 24.9 Å². The van der Waals surface area contributed by atoms with Crippen LogP contribution in [-0.4, -0.2) is 46.3 Å². The summed E-state index contributed by atoms with van der Waals surface area (Å²) in [4.78, 5) is 0. The van der Waals surface area contributed by atoms with Gasteiger partial charge in [-0.05, 0) is 0 Å². The van der Waals surface area contributed by atoms with Crippen molar-refractivity contribution >= 4 is 0 Å². The van der Waals surface area contributed by atoms with E-state index in [-0.39, 0.29) is 6.61 Å². The fraction of sp³-hybridized carbons (Fsp3) is 0.833. The number of nitrogens with two attached hydrogens (primary N) is 1. The highest BCUT2D eigenvalue weighted by molar-refractivity contribution is 4.93. The predicted octanol–water partition coefficient (Wildman–Crippen LogP) is -2.41. The van der Waals surface area contributed by atoms with Gasteiger partial charge in [-0.1, -0.05) is 0 Å². The van der Waals surface area contributed by atoms with Gasteiger partial charge >= 0.3 is 0 Å². The van der Waals surface area contributed by atoms with Crippen LogP contribution >= 0.6 is 0 Å². The minimum Gasteiger partial charge on any atom is -0.394 e. The van der Waals surface area contributed by atoms with Gasteiger partial charge in [0.2, 0.25) is 0 Å². The Morgan fingerprint density at radius 3 is 2.55 bits per heavy atom. The lowest BCUT2D eigenvalue weighted by Crippen LogP contribution is -2.55. The molecule has 5 N–H and O–H groups in total. The first-order valence-electron chi connectivity index (χ1n) is 3.38. The van der Waals surface area contributed by atoms with E-state index in [0.717, 1.165) is 0 Å². The summed E-state index contributed by atoms with van der Waals surface area (Å²) < 4.78 is 4.81. The summed E-state index contributed by atoms with van der Waals surface area (Å²) in [6, 6.07) is -0.687. The number of aliphatic hydroxyl groups is 3. The van der Waals surface area contributed by atoms with Crippen LogP contribution in [0.3, 0.4) is 0 Å². The summed E-state index contributed by atoms with van der Waals surface area (Å²) in [6.07, 6.45) is -2.93. The SMILES string of the molecule is N[C@H]1[CH]O[C@H](CO)[C@@H](O)[C@@H]1O. The average Bonchev–Trinajstić information content (AvgIpc) is 2.01. The molecule has 1 radical (unpaired) electrons. The molecule has 0 unspecified atom stereocenters. The molecule has 0 bridgehead atoms. The zero-order valence-electron chi connectivity index (χ0n) is 5.92. The Labute approximate surface area is 64.4 Å². The maximum absolute atomic E-state index is 9.17. The zero-order chi connectivity index (χ0) is 8.43. The van der Waals surface area contributed by atoms with Gasteiger partial charge in [0.05, 0.1) is 12.6 Å². The van der Waals surface area contributed by atoms with Crippen molar-refractivity contribution in [1.29, 1.82) is 0 Å². The molecule has 5 heteroatoms. The third-order valence-corrected chi connectivity index (χ3v) is 1.72. The Morgan fingerprint density at radius 2 is 2.00 bits per heavy atom. The Hall–Kier alpha value is -0.200. The molecular formula is C6H12NO4. The molecule has 5 nitrogen and oxygen atoms in total. The zero-order valence-corrected chi connectivity index (χ0v) is 5.92. The van der Waals surface area contributed by atoms with Gasteiger partial charge in [0.15, 0.2) is 0 Å². The first-order chi connectivity index (χ1) is 5.16. The second-order valence-corrected chi connectivity index (χ2v) is 2.55. The molecule has 0 spiro atoms. The third-order valence-electron chi connectivity index (χ3n) is 1.72. The van der Waals surface area contributed by atoms with Crippen LogP contribution < -0.4 is 5.73 Å². The Balaban J connectivity index is 2.52. The van der Waals surface area contributed by atoms with Crippen molar-refractivity contribution in [2.45, 2.75) is 24.4 Å². The maximum Gasteiger partial charge on any atom is 0.110 e. The molecular weight excluding hydrogens is 150 g/mol. The lowest BCUT2D eigenvalue weighted by Gasteiger charge is -2.34. The third kappa shape index (κ3) is 1.69. The minimum atomic E-state index is -1.11. The molecule has 1 fully saturated rings. The standard InChI is InChI=1S/C6H12NO4/c7-3-2-11-4(1-8)6(10)5(3)9/h2-6,8-10H,1,7H2/t3-,4+,5+,6+/m0/s1. The molecule has 0 amide bonds. The van der Waals surface area contributed by atoms with Crippen LogP contribution in [0.2, 0.25) is 0 Å². The fourth-order valence-corrected chi connectivity index (χ4v) is 0.951. The summed E-state index contributed by atoms with van der Waals surface area (Å²) in [7, 11) is 0. The largest absolute Gasteiger partial charge is 0.394 e. The lowest BCUT2D eigenvalue weighted by molar-refractivity contribution is -0.132. The maximum atomic E-state index is 9.17. The van der Waals surface area contributed by atoms with E-state index in [1.54, 1.807) is 0 Å². The number of rotatable bonds is 1. The molecule has 1 saturated heterocycles. The molecule has 0 aliphatic carbocycles. The van der Waals surface area contributed by atoms with E-state index in [1.165, 1.54) is 6.61 Å².